The van der Waals surface area contributed by atoms with Gasteiger partial charge in [0, 0.05) is 24.7 Å². The molecule has 20 heavy (non-hydrogen) atoms. The van der Waals surface area contributed by atoms with Gasteiger partial charge in [-0.25, -0.2) is 0 Å². The van der Waals surface area contributed by atoms with Crippen molar-refractivity contribution in [3.05, 3.63) is 17.7 Å². The molecule has 0 atom stereocenters. The molecule has 1 aromatic carbocycles. The van der Waals surface area contributed by atoms with Crippen LogP contribution in [0.2, 0.25) is 0 Å². The lowest BCUT2D eigenvalue weighted by atomic mass is 10.0. The SMILES string of the molecule is Nc1cc2c(cc1OCCN1CCCC1)NC(=O)CC2. The van der Waals surface area contributed by atoms with Crippen LogP contribution in [0.15, 0.2) is 12.1 Å². The Labute approximate surface area is 119 Å². The van der Waals surface area contributed by atoms with E-state index in [9.17, 15) is 4.79 Å². The molecule has 0 aliphatic carbocycles. The molecule has 0 aromatic heterocycles. The summed E-state index contributed by atoms with van der Waals surface area (Å²) in [5.74, 6) is 0.732. The number of fused-ring (bicyclic) bond motifs is 1. The molecule has 3 rings (SSSR count). The van der Waals surface area contributed by atoms with Gasteiger partial charge in [-0.1, -0.05) is 0 Å². The number of benzene rings is 1. The molecule has 1 amide bonds. The van der Waals surface area contributed by atoms with Gasteiger partial charge in [-0.2, -0.15) is 0 Å². The van der Waals surface area contributed by atoms with E-state index in [-0.39, 0.29) is 5.91 Å². The first-order valence-electron chi connectivity index (χ1n) is 7.30. The minimum absolute atomic E-state index is 0.0605. The summed E-state index contributed by atoms with van der Waals surface area (Å²) >= 11 is 0. The van der Waals surface area contributed by atoms with E-state index < -0.39 is 0 Å². The summed E-state index contributed by atoms with van der Waals surface area (Å²) in [6, 6.07) is 3.77. The lowest BCUT2D eigenvalue weighted by molar-refractivity contribution is -0.116. The molecular formula is C15H21N3O2. The van der Waals surface area contributed by atoms with Crippen LogP contribution in [0.25, 0.3) is 0 Å². The molecule has 2 aliphatic heterocycles. The zero-order chi connectivity index (χ0) is 13.9. The monoisotopic (exact) mass is 275 g/mol. The third kappa shape index (κ3) is 2.88. The summed E-state index contributed by atoms with van der Waals surface area (Å²) in [6.07, 6.45) is 3.85. The molecule has 0 unspecified atom stereocenters. The van der Waals surface area contributed by atoms with E-state index >= 15 is 0 Å². The van der Waals surface area contributed by atoms with Crippen LogP contribution in [0.5, 0.6) is 5.75 Å². The average molecular weight is 275 g/mol. The molecule has 1 saturated heterocycles. The largest absolute Gasteiger partial charge is 0.490 e. The van der Waals surface area contributed by atoms with Crippen molar-refractivity contribution in [3.63, 3.8) is 0 Å². The van der Waals surface area contributed by atoms with Gasteiger partial charge in [0.15, 0.2) is 0 Å². The number of aryl methyl sites for hydroxylation is 1. The second-order valence-electron chi connectivity index (χ2n) is 5.49. The van der Waals surface area contributed by atoms with Crippen LogP contribution in [0, 0.1) is 0 Å². The van der Waals surface area contributed by atoms with Crippen molar-refractivity contribution in [2.24, 2.45) is 0 Å². The maximum Gasteiger partial charge on any atom is 0.224 e. The lowest BCUT2D eigenvalue weighted by Crippen LogP contribution is -2.25. The van der Waals surface area contributed by atoms with E-state index in [0.717, 1.165) is 24.2 Å². The van der Waals surface area contributed by atoms with E-state index in [0.29, 0.717) is 24.5 Å². The first-order chi connectivity index (χ1) is 9.72. The summed E-state index contributed by atoms with van der Waals surface area (Å²) < 4.78 is 5.78. The number of hydrogen-bond donors (Lipinski definition) is 2. The topological polar surface area (TPSA) is 67.6 Å². The first kappa shape index (κ1) is 13.2. The smallest absolute Gasteiger partial charge is 0.224 e. The number of nitrogens with zero attached hydrogens (tertiary/aromatic N) is 1. The van der Waals surface area contributed by atoms with Crippen LogP contribution >= 0.6 is 0 Å². The zero-order valence-electron chi connectivity index (χ0n) is 11.7. The number of nitrogens with one attached hydrogen (secondary N) is 1. The Morgan fingerprint density at radius 2 is 2.05 bits per heavy atom. The highest BCUT2D eigenvalue weighted by Gasteiger charge is 2.17. The number of anilines is 2. The molecule has 1 aromatic rings. The molecule has 2 heterocycles. The van der Waals surface area contributed by atoms with E-state index in [1.807, 2.05) is 12.1 Å². The Kier molecular flexibility index (Phi) is 3.78. The minimum Gasteiger partial charge on any atom is -0.490 e. The van der Waals surface area contributed by atoms with Gasteiger partial charge in [-0.05, 0) is 44.0 Å². The number of carbonyl (C=O) groups excluding carboxylic acids is 1. The van der Waals surface area contributed by atoms with E-state index in [2.05, 4.69) is 10.2 Å². The summed E-state index contributed by atoms with van der Waals surface area (Å²) in [5, 5.41) is 2.87. The van der Waals surface area contributed by atoms with Crippen molar-refractivity contribution in [1.82, 2.24) is 4.90 Å². The van der Waals surface area contributed by atoms with Crippen LogP contribution in [0.1, 0.15) is 24.8 Å². The Morgan fingerprint density at radius 3 is 2.85 bits per heavy atom. The van der Waals surface area contributed by atoms with Crippen molar-refractivity contribution in [1.29, 1.82) is 0 Å². The van der Waals surface area contributed by atoms with Crippen molar-refractivity contribution in [3.8, 4) is 5.75 Å². The number of likely N-dealkylation sites (tertiary alicyclic amines) is 1. The molecule has 0 spiro atoms. The molecule has 108 valence electrons. The molecular weight excluding hydrogens is 254 g/mol. The summed E-state index contributed by atoms with van der Waals surface area (Å²) in [6.45, 7) is 3.90. The summed E-state index contributed by atoms with van der Waals surface area (Å²) in [4.78, 5) is 13.8. The Balaban J connectivity index is 1.63. The molecule has 0 bridgehead atoms. The van der Waals surface area contributed by atoms with Gasteiger partial charge >= 0.3 is 0 Å². The predicted octanol–water partition coefficient (Wildman–Crippen LogP) is 1.63. The first-order valence-corrected chi connectivity index (χ1v) is 7.30. The molecule has 1 fully saturated rings. The van der Waals surface area contributed by atoms with E-state index in [1.165, 1.54) is 25.9 Å². The van der Waals surface area contributed by atoms with Gasteiger partial charge in [0.05, 0.1) is 5.69 Å². The predicted molar refractivity (Wildman–Crippen MR) is 79.0 cm³/mol. The maximum atomic E-state index is 11.4. The average Bonchev–Trinajstić information content (AvgIpc) is 2.93. The van der Waals surface area contributed by atoms with Gasteiger partial charge in [0.1, 0.15) is 12.4 Å². The second kappa shape index (κ2) is 5.71. The van der Waals surface area contributed by atoms with Crippen molar-refractivity contribution in [2.45, 2.75) is 25.7 Å². The highest BCUT2D eigenvalue weighted by atomic mass is 16.5. The lowest BCUT2D eigenvalue weighted by Gasteiger charge is -2.20. The van der Waals surface area contributed by atoms with Crippen LogP contribution in [-0.2, 0) is 11.2 Å². The van der Waals surface area contributed by atoms with Crippen LogP contribution < -0.4 is 15.8 Å². The van der Waals surface area contributed by atoms with Crippen LogP contribution in [0.3, 0.4) is 0 Å². The van der Waals surface area contributed by atoms with Gasteiger partial charge < -0.3 is 15.8 Å². The normalized spacial score (nSPS) is 18.7. The Morgan fingerprint density at radius 1 is 1.25 bits per heavy atom. The highest BCUT2D eigenvalue weighted by molar-refractivity contribution is 5.94. The fourth-order valence-corrected chi connectivity index (χ4v) is 2.84. The number of rotatable bonds is 4. The molecule has 5 nitrogen and oxygen atoms in total. The van der Waals surface area contributed by atoms with Gasteiger partial charge in [0.25, 0.3) is 0 Å². The van der Waals surface area contributed by atoms with Crippen LogP contribution in [-0.4, -0.2) is 37.0 Å². The van der Waals surface area contributed by atoms with E-state index in [1.54, 1.807) is 0 Å². The third-order valence-corrected chi connectivity index (χ3v) is 3.99. The minimum atomic E-state index is 0.0605. The van der Waals surface area contributed by atoms with E-state index in [4.69, 9.17) is 10.5 Å². The Bertz CT molecular complexity index is 510. The van der Waals surface area contributed by atoms with Gasteiger partial charge in [-0.15, -0.1) is 0 Å². The number of nitrogen functional groups attached to an aromatic ring is 1. The molecule has 5 heteroatoms. The zero-order valence-corrected chi connectivity index (χ0v) is 11.7. The number of amides is 1. The molecule has 2 aliphatic rings. The maximum absolute atomic E-state index is 11.4. The van der Waals surface area contributed by atoms with Gasteiger partial charge in [-0.3, -0.25) is 9.69 Å². The standard InChI is InChI=1S/C15H21N3O2/c16-12-9-11-3-4-15(19)17-13(11)10-14(12)20-8-7-18-5-1-2-6-18/h9-10H,1-8,16H2,(H,17,19). The fraction of sp³-hybridized carbons (Fsp3) is 0.533. The van der Waals surface area contributed by atoms with Crippen molar-refractivity contribution in [2.75, 3.05) is 37.3 Å². The van der Waals surface area contributed by atoms with Gasteiger partial charge in [0.2, 0.25) is 5.91 Å². The number of nitrogens with two attached hydrogens (primary N) is 1. The summed E-state index contributed by atoms with van der Waals surface area (Å²) in [7, 11) is 0. The second-order valence-corrected chi connectivity index (χ2v) is 5.49. The summed E-state index contributed by atoms with van der Waals surface area (Å²) in [5.41, 5.74) is 8.61. The molecule has 0 saturated carbocycles. The van der Waals surface area contributed by atoms with Crippen molar-refractivity contribution >= 4 is 17.3 Å². The number of hydrogen-bond acceptors (Lipinski definition) is 4. The highest BCUT2D eigenvalue weighted by Crippen LogP contribution is 2.32. The number of ether oxygens (including phenoxy) is 1. The fourth-order valence-electron chi connectivity index (χ4n) is 2.84. The van der Waals surface area contributed by atoms with Crippen LogP contribution in [0.4, 0.5) is 11.4 Å². The Hall–Kier alpha value is -1.75. The molecule has 3 N–H and O–H groups in total. The molecule has 0 radical (unpaired) electrons. The quantitative estimate of drug-likeness (QED) is 0.820. The van der Waals surface area contributed by atoms with Crippen molar-refractivity contribution < 1.29 is 9.53 Å². The number of carbonyl (C=O) groups is 1. The third-order valence-electron chi connectivity index (χ3n) is 3.99.